The number of rotatable bonds is 5. The molecule has 2 aliphatic heterocycles. The minimum absolute atomic E-state index is 0.0939. The van der Waals surface area contributed by atoms with Crippen LogP contribution < -0.4 is 5.32 Å². The molecule has 3 rings (SSSR count). The molecule has 3 amide bonds. The molecule has 1 aromatic carbocycles. The molecule has 2 fully saturated rings. The number of likely N-dealkylation sites (tertiary alicyclic amines) is 1. The third-order valence-corrected chi connectivity index (χ3v) is 5.52. The summed E-state index contributed by atoms with van der Waals surface area (Å²) < 4.78 is 0. The number of nitrogens with zero attached hydrogens (tertiary/aromatic N) is 2. The summed E-state index contributed by atoms with van der Waals surface area (Å²) in [5.74, 6) is 0.0908. The third kappa shape index (κ3) is 3.31. The Bertz CT molecular complexity index is 604. The first-order valence-electron chi connectivity index (χ1n) is 8.87. The Balaban J connectivity index is 1.55. The fourth-order valence-electron chi connectivity index (χ4n) is 3.96. The van der Waals surface area contributed by atoms with Gasteiger partial charge in [-0.3, -0.25) is 9.69 Å². The van der Waals surface area contributed by atoms with E-state index < -0.39 is 5.54 Å². The summed E-state index contributed by atoms with van der Waals surface area (Å²) in [4.78, 5) is 28.0. The second-order valence-electron chi connectivity index (χ2n) is 7.23. The number of benzene rings is 1. The quantitative estimate of drug-likeness (QED) is 0.843. The summed E-state index contributed by atoms with van der Waals surface area (Å²) in [6.07, 6.45) is 4.27. The van der Waals surface area contributed by atoms with Crippen molar-refractivity contribution in [2.45, 2.75) is 38.1 Å². The van der Waals surface area contributed by atoms with Gasteiger partial charge in [0.1, 0.15) is 5.54 Å². The van der Waals surface area contributed by atoms with Crippen LogP contribution in [-0.2, 0) is 11.2 Å². The molecule has 0 radical (unpaired) electrons. The van der Waals surface area contributed by atoms with E-state index in [1.165, 1.54) is 10.5 Å². The molecule has 2 atom stereocenters. The van der Waals surface area contributed by atoms with Gasteiger partial charge in [0.05, 0.1) is 0 Å². The van der Waals surface area contributed by atoms with Crippen LogP contribution in [0.4, 0.5) is 4.79 Å². The van der Waals surface area contributed by atoms with E-state index in [4.69, 9.17) is 0 Å². The molecule has 0 aliphatic carbocycles. The number of carbonyl (C=O) groups is 2. The first-order chi connectivity index (χ1) is 11.5. The maximum Gasteiger partial charge on any atom is 0.324 e. The van der Waals surface area contributed by atoms with Crippen LogP contribution in [0.3, 0.4) is 0 Å². The van der Waals surface area contributed by atoms with Gasteiger partial charge in [0.2, 0.25) is 0 Å². The van der Waals surface area contributed by atoms with Gasteiger partial charge in [-0.2, -0.15) is 0 Å². The first-order valence-corrected chi connectivity index (χ1v) is 8.87. The van der Waals surface area contributed by atoms with E-state index in [1.54, 1.807) is 7.05 Å². The lowest BCUT2D eigenvalue weighted by Crippen LogP contribution is -2.55. The number of carbonyl (C=O) groups excluding carboxylic acids is 2. The molecular formula is C19H27N3O2. The van der Waals surface area contributed by atoms with Crippen molar-refractivity contribution in [3.63, 3.8) is 0 Å². The normalized spacial score (nSPS) is 28.2. The van der Waals surface area contributed by atoms with Crippen molar-refractivity contribution in [1.82, 2.24) is 15.1 Å². The van der Waals surface area contributed by atoms with Gasteiger partial charge in [-0.15, -0.1) is 0 Å². The zero-order chi connectivity index (χ0) is 17.2. The molecule has 2 aliphatic rings. The average molecular weight is 329 g/mol. The van der Waals surface area contributed by atoms with Crippen molar-refractivity contribution in [2.75, 3.05) is 26.7 Å². The highest BCUT2D eigenvalue weighted by atomic mass is 16.2. The summed E-state index contributed by atoms with van der Waals surface area (Å²) in [7, 11) is 1.56. The van der Waals surface area contributed by atoms with Gasteiger partial charge in [0.25, 0.3) is 5.91 Å². The van der Waals surface area contributed by atoms with Crippen LogP contribution in [0.2, 0.25) is 0 Å². The van der Waals surface area contributed by atoms with Crippen LogP contribution in [0.15, 0.2) is 30.3 Å². The Hall–Kier alpha value is -1.88. The highest BCUT2D eigenvalue weighted by Crippen LogP contribution is 2.32. The molecule has 1 aromatic rings. The van der Waals surface area contributed by atoms with Gasteiger partial charge in [0, 0.05) is 19.5 Å². The Morgan fingerprint density at radius 3 is 2.67 bits per heavy atom. The second-order valence-corrected chi connectivity index (χ2v) is 7.23. The summed E-state index contributed by atoms with van der Waals surface area (Å²) >= 11 is 0. The van der Waals surface area contributed by atoms with E-state index in [0.717, 1.165) is 45.3 Å². The lowest BCUT2D eigenvalue weighted by Gasteiger charge is -2.39. The molecule has 0 bridgehead atoms. The molecule has 2 saturated heterocycles. The van der Waals surface area contributed by atoms with Crippen molar-refractivity contribution >= 4 is 11.9 Å². The van der Waals surface area contributed by atoms with Crippen LogP contribution >= 0.6 is 0 Å². The van der Waals surface area contributed by atoms with E-state index in [2.05, 4.69) is 34.5 Å². The fourth-order valence-corrected chi connectivity index (χ4v) is 3.96. The summed E-state index contributed by atoms with van der Waals surface area (Å²) in [6.45, 7) is 4.89. The number of aryl methyl sites for hydroxylation is 1. The minimum atomic E-state index is -0.746. The van der Waals surface area contributed by atoms with E-state index in [1.807, 2.05) is 13.0 Å². The molecule has 1 N–H and O–H groups in total. The SMILES string of the molecule is CN1C(=O)NC(C)(C2CCCN(CCCc3ccccc3)C2)C1=O. The maximum absolute atomic E-state index is 12.5. The predicted molar refractivity (Wildman–Crippen MR) is 93.6 cm³/mol. The van der Waals surface area contributed by atoms with Gasteiger partial charge in [-0.25, -0.2) is 4.79 Å². The Labute approximate surface area is 144 Å². The summed E-state index contributed by atoms with van der Waals surface area (Å²) in [5.41, 5.74) is 0.627. The summed E-state index contributed by atoms with van der Waals surface area (Å²) in [6, 6.07) is 10.3. The number of hydrogen-bond donors (Lipinski definition) is 1. The molecule has 0 aromatic heterocycles. The average Bonchev–Trinajstić information content (AvgIpc) is 2.80. The Morgan fingerprint density at radius 2 is 2.00 bits per heavy atom. The molecule has 5 heteroatoms. The van der Waals surface area contributed by atoms with Gasteiger partial charge >= 0.3 is 6.03 Å². The molecule has 2 unspecified atom stereocenters. The van der Waals surface area contributed by atoms with Gasteiger partial charge in [-0.05, 0) is 51.3 Å². The zero-order valence-electron chi connectivity index (χ0n) is 14.6. The number of imide groups is 1. The number of amides is 3. The molecule has 24 heavy (non-hydrogen) atoms. The maximum atomic E-state index is 12.5. The van der Waals surface area contributed by atoms with E-state index in [-0.39, 0.29) is 17.9 Å². The predicted octanol–water partition coefficient (Wildman–Crippen LogP) is 2.27. The largest absolute Gasteiger partial charge is 0.324 e. The number of hydrogen-bond acceptors (Lipinski definition) is 3. The van der Waals surface area contributed by atoms with E-state index in [0.29, 0.717) is 0 Å². The standard InChI is InChI=1S/C19H27N3O2/c1-19(17(23)21(2)18(24)20-19)16-11-7-13-22(14-16)12-6-10-15-8-4-3-5-9-15/h3-5,8-9,16H,6-7,10-14H2,1-2H3,(H,20,24). The van der Waals surface area contributed by atoms with Crippen molar-refractivity contribution in [3.05, 3.63) is 35.9 Å². The second kappa shape index (κ2) is 6.93. The van der Waals surface area contributed by atoms with Crippen LogP contribution in [0.5, 0.6) is 0 Å². The van der Waals surface area contributed by atoms with Gasteiger partial charge in [0.15, 0.2) is 0 Å². The van der Waals surface area contributed by atoms with Crippen molar-refractivity contribution in [1.29, 1.82) is 0 Å². The number of piperidine rings is 1. The zero-order valence-corrected chi connectivity index (χ0v) is 14.6. The van der Waals surface area contributed by atoms with Crippen molar-refractivity contribution in [2.24, 2.45) is 5.92 Å². The lowest BCUT2D eigenvalue weighted by molar-refractivity contribution is -0.132. The smallest absolute Gasteiger partial charge is 0.323 e. The summed E-state index contributed by atoms with van der Waals surface area (Å²) in [5, 5.41) is 2.91. The molecule has 2 heterocycles. The third-order valence-electron chi connectivity index (χ3n) is 5.52. The highest BCUT2D eigenvalue weighted by molar-refractivity contribution is 6.06. The topological polar surface area (TPSA) is 52.7 Å². The number of nitrogens with one attached hydrogen (secondary N) is 1. The monoisotopic (exact) mass is 329 g/mol. The van der Waals surface area contributed by atoms with Gasteiger partial charge in [-0.1, -0.05) is 30.3 Å². The van der Waals surface area contributed by atoms with Crippen LogP contribution in [0, 0.1) is 5.92 Å². The first kappa shape index (κ1) is 17.0. The molecule has 0 spiro atoms. The highest BCUT2D eigenvalue weighted by Gasteiger charge is 2.51. The number of likely N-dealkylation sites (N-methyl/N-ethyl adjacent to an activating group) is 1. The minimum Gasteiger partial charge on any atom is -0.323 e. The fraction of sp³-hybridized carbons (Fsp3) is 0.579. The van der Waals surface area contributed by atoms with E-state index >= 15 is 0 Å². The van der Waals surface area contributed by atoms with Crippen LogP contribution in [0.25, 0.3) is 0 Å². The Morgan fingerprint density at radius 1 is 1.25 bits per heavy atom. The van der Waals surface area contributed by atoms with Crippen molar-refractivity contribution < 1.29 is 9.59 Å². The van der Waals surface area contributed by atoms with Gasteiger partial charge < -0.3 is 10.2 Å². The number of urea groups is 1. The lowest BCUT2D eigenvalue weighted by atomic mass is 9.80. The van der Waals surface area contributed by atoms with E-state index in [9.17, 15) is 9.59 Å². The van der Waals surface area contributed by atoms with Crippen LogP contribution in [-0.4, -0.2) is 54.0 Å². The molecular weight excluding hydrogens is 302 g/mol. The molecule has 5 nitrogen and oxygen atoms in total. The molecule has 0 saturated carbocycles. The van der Waals surface area contributed by atoms with Crippen molar-refractivity contribution in [3.8, 4) is 0 Å². The molecule has 130 valence electrons. The Kier molecular flexibility index (Phi) is 4.90. The van der Waals surface area contributed by atoms with Crippen LogP contribution in [0.1, 0.15) is 31.7 Å².